The van der Waals surface area contributed by atoms with Gasteiger partial charge in [0.2, 0.25) is 0 Å². The molecular weight excluding hydrogens is 383 g/mol. The summed E-state index contributed by atoms with van der Waals surface area (Å²) in [6, 6.07) is 0. The fourth-order valence-corrected chi connectivity index (χ4v) is 9.97. The van der Waals surface area contributed by atoms with Crippen LogP contribution >= 0.6 is 7.67 Å². The first-order chi connectivity index (χ1) is 13.8. The minimum Gasteiger partial charge on any atom is -0.302 e. The van der Waals surface area contributed by atoms with Crippen LogP contribution in [-0.2, 0) is 13.9 Å². The second kappa shape index (κ2) is 6.28. The SMILES string of the molecule is C[C@]12CC[C@@H](OP(=O)(N3CC3)N3CC3)CC1=CC[C@@H]1[C@@H]2CC[C@]2(C)C(=O)CC[C@@H]12. The lowest BCUT2D eigenvalue weighted by Gasteiger charge is -2.57. The monoisotopic (exact) mass is 418 g/mol. The van der Waals surface area contributed by atoms with Gasteiger partial charge in [0.15, 0.2) is 0 Å². The van der Waals surface area contributed by atoms with E-state index in [1.165, 1.54) is 6.42 Å². The number of allylic oxidation sites excluding steroid dienone is 1. The van der Waals surface area contributed by atoms with Crippen molar-refractivity contribution in [2.24, 2.45) is 28.6 Å². The lowest BCUT2D eigenvalue weighted by Crippen LogP contribution is -2.50. The zero-order valence-corrected chi connectivity index (χ0v) is 18.8. The zero-order valence-electron chi connectivity index (χ0n) is 17.9. The molecule has 2 aliphatic heterocycles. The van der Waals surface area contributed by atoms with Crippen molar-refractivity contribution < 1.29 is 13.9 Å². The molecule has 0 unspecified atom stereocenters. The van der Waals surface area contributed by atoms with E-state index in [2.05, 4.69) is 19.9 Å². The summed E-state index contributed by atoms with van der Waals surface area (Å²) in [6.45, 7) is 8.42. The third kappa shape index (κ3) is 2.76. The predicted octanol–water partition coefficient (Wildman–Crippen LogP) is 4.64. The first-order valence-electron chi connectivity index (χ1n) is 11.9. The van der Waals surface area contributed by atoms with Crippen LogP contribution in [0.5, 0.6) is 0 Å². The highest BCUT2D eigenvalue weighted by atomic mass is 31.2. The number of hydrogen-bond acceptors (Lipinski definition) is 3. The van der Waals surface area contributed by atoms with Crippen LogP contribution in [0.1, 0.15) is 65.2 Å². The van der Waals surface area contributed by atoms with Crippen molar-refractivity contribution in [1.29, 1.82) is 0 Å². The summed E-state index contributed by atoms with van der Waals surface area (Å²) in [5, 5.41) is 0. The molecule has 5 nitrogen and oxygen atoms in total. The minimum atomic E-state index is -2.74. The second-order valence-electron chi connectivity index (χ2n) is 11.0. The number of Topliss-reactive ketones (excluding diaryl/α,β-unsaturated/α-hetero) is 1. The molecule has 0 bridgehead atoms. The first kappa shape index (κ1) is 19.2. The topological polar surface area (TPSA) is 49.4 Å². The Labute approximate surface area is 174 Å². The lowest BCUT2D eigenvalue weighted by atomic mass is 9.48. The van der Waals surface area contributed by atoms with E-state index in [-0.39, 0.29) is 16.9 Å². The zero-order chi connectivity index (χ0) is 20.0. The fraction of sp³-hybridized carbons (Fsp3) is 0.870. The molecule has 4 aliphatic carbocycles. The highest BCUT2D eigenvalue weighted by Gasteiger charge is 2.59. The Hall–Kier alpha value is -0.480. The summed E-state index contributed by atoms with van der Waals surface area (Å²) in [5.74, 6) is 2.49. The largest absolute Gasteiger partial charge is 0.346 e. The number of carbonyl (C=O) groups is 1. The van der Waals surface area contributed by atoms with E-state index in [9.17, 15) is 9.36 Å². The van der Waals surface area contributed by atoms with Crippen molar-refractivity contribution in [2.75, 3.05) is 26.2 Å². The van der Waals surface area contributed by atoms with Gasteiger partial charge in [-0.15, -0.1) is 0 Å². The van der Waals surface area contributed by atoms with E-state index < -0.39 is 7.67 Å². The summed E-state index contributed by atoms with van der Waals surface area (Å²) in [6.07, 6.45) is 11.0. The van der Waals surface area contributed by atoms with Gasteiger partial charge < -0.3 is 4.52 Å². The van der Waals surface area contributed by atoms with Gasteiger partial charge in [0.05, 0.1) is 6.10 Å². The summed E-state index contributed by atoms with van der Waals surface area (Å²) in [5.41, 5.74) is 1.76. The maximum absolute atomic E-state index is 13.4. The second-order valence-corrected chi connectivity index (χ2v) is 13.4. The van der Waals surface area contributed by atoms with Crippen molar-refractivity contribution in [1.82, 2.24) is 9.34 Å². The lowest BCUT2D eigenvalue weighted by molar-refractivity contribution is -0.131. The van der Waals surface area contributed by atoms with Crippen LogP contribution in [0.2, 0.25) is 0 Å². The third-order valence-corrected chi connectivity index (χ3v) is 12.4. The van der Waals surface area contributed by atoms with Gasteiger partial charge >= 0.3 is 7.67 Å². The Balaban J connectivity index is 1.22. The molecule has 29 heavy (non-hydrogen) atoms. The molecule has 6 heteroatoms. The molecule has 6 atom stereocenters. The summed E-state index contributed by atoms with van der Waals surface area (Å²) in [7, 11) is -2.74. The summed E-state index contributed by atoms with van der Waals surface area (Å²) < 4.78 is 23.9. The molecule has 0 radical (unpaired) electrons. The molecule has 0 spiro atoms. The average Bonchev–Trinajstić information content (AvgIpc) is 3.59. The van der Waals surface area contributed by atoms with Crippen LogP contribution in [0.25, 0.3) is 0 Å². The fourth-order valence-electron chi connectivity index (χ4n) is 7.59. The van der Waals surface area contributed by atoms with E-state index in [0.717, 1.165) is 71.1 Å². The van der Waals surface area contributed by atoms with Crippen LogP contribution in [0.3, 0.4) is 0 Å². The molecule has 5 fully saturated rings. The maximum Gasteiger partial charge on any atom is 0.346 e. The minimum absolute atomic E-state index is 0.0484. The molecule has 0 N–H and O–H groups in total. The molecule has 0 aromatic rings. The Morgan fingerprint density at radius 3 is 2.34 bits per heavy atom. The number of ketones is 1. The van der Waals surface area contributed by atoms with Crippen LogP contribution in [0.15, 0.2) is 11.6 Å². The molecule has 0 aromatic carbocycles. The number of nitrogens with zero attached hydrogens (tertiary/aromatic N) is 2. The van der Waals surface area contributed by atoms with Crippen molar-refractivity contribution in [3.05, 3.63) is 11.6 Å². The highest BCUT2D eigenvalue weighted by molar-refractivity contribution is 7.54. The van der Waals surface area contributed by atoms with Crippen LogP contribution < -0.4 is 0 Å². The van der Waals surface area contributed by atoms with Gasteiger partial charge in [0, 0.05) is 38.0 Å². The van der Waals surface area contributed by atoms with Crippen molar-refractivity contribution >= 4 is 13.5 Å². The van der Waals surface area contributed by atoms with E-state index in [1.54, 1.807) is 5.57 Å². The Kier molecular flexibility index (Phi) is 4.16. The van der Waals surface area contributed by atoms with Crippen molar-refractivity contribution in [3.63, 3.8) is 0 Å². The smallest absolute Gasteiger partial charge is 0.302 e. The Morgan fingerprint density at radius 2 is 1.66 bits per heavy atom. The number of rotatable bonds is 4. The van der Waals surface area contributed by atoms with Gasteiger partial charge in [0.1, 0.15) is 5.78 Å². The quantitative estimate of drug-likeness (QED) is 0.378. The molecule has 2 saturated heterocycles. The molecule has 160 valence electrons. The molecule has 6 rings (SSSR count). The van der Waals surface area contributed by atoms with Crippen LogP contribution in [-0.4, -0.2) is 47.4 Å². The third-order valence-electron chi connectivity index (χ3n) is 9.62. The normalized spacial score (nSPS) is 47.2. The molecule has 6 aliphatic rings. The van der Waals surface area contributed by atoms with Gasteiger partial charge in [-0.25, -0.2) is 9.34 Å². The molecule has 2 heterocycles. The number of hydrogen-bond donors (Lipinski definition) is 0. The van der Waals surface area contributed by atoms with E-state index >= 15 is 0 Å². The molecule has 0 amide bonds. The molecular formula is C23H35N2O3P. The van der Waals surface area contributed by atoms with Gasteiger partial charge in [0.25, 0.3) is 0 Å². The van der Waals surface area contributed by atoms with Gasteiger partial charge in [-0.2, -0.15) is 0 Å². The van der Waals surface area contributed by atoms with Gasteiger partial charge in [-0.1, -0.05) is 25.5 Å². The van der Waals surface area contributed by atoms with Gasteiger partial charge in [-0.3, -0.25) is 9.36 Å². The molecule has 3 saturated carbocycles. The van der Waals surface area contributed by atoms with Crippen LogP contribution in [0.4, 0.5) is 0 Å². The number of fused-ring (bicyclic) bond motifs is 5. The summed E-state index contributed by atoms with van der Waals surface area (Å²) >= 11 is 0. The summed E-state index contributed by atoms with van der Waals surface area (Å²) in [4.78, 5) is 12.6. The number of carbonyl (C=O) groups excluding carboxylic acids is 1. The predicted molar refractivity (Wildman–Crippen MR) is 112 cm³/mol. The van der Waals surface area contributed by atoms with E-state index in [4.69, 9.17) is 4.52 Å². The molecule has 0 aromatic heterocycles. The van der Waals surface area contributed by atoms with Gasteiger partial charge in [-0.05, 0) is 68.1 Å². The standard InChI is InChI=1S/C23H35N2O3P/c1-22-9-7-17(28-29(27,24-11-12-24)25-13-14-25)15-16(22)3-4-18-19-5-6-21(26)23(19,2)10-8-20(18)22/h3,17-20H,4-15H2,1-2H3/t17-,18+,19+,20+,22+,23+/m1/s1. The van der Waals surface area contributed by atoms with E-state index in [0.29, 0.717) is 23.5 Å². The van der Waals surface area contributed by atoms with Crippen LogP contribution in [0, 0.1) is 28.6 Å². The van der Waals surface area contributed by atoms with E-state index in [1.807, 2.05) is 9.34 Å². The van der Waals surface area contributed by atoms with Crippen molar-refractivity contribution in [2.45, 2.75) is 71.3 Å². The maximum atomic E-state index is 13.4. The Bertz CT molecular complexity index is 803. The van der Waals surface area contributed by atoms with Crippen molar-refractivity contribution in [3.8, 4) is 0 Å². The average molecular weight is 419 g/mol. The first-order valence-corrected chi connectivity index (χ1v) is 13.4. The highest BCUT2D eigenvalue weighted by Crippen LogP contribution is 2.66. The Morgan fingerprint density at radius 1 is 1.00 bits per heavy atom.